The highest BCUT2D eigenvalue weighted by Gasteiger charge is 2.38. The second kappa shape index (κ2) is 13.6. The Balaban J connectivity index is 1.63. The molecule has 3 saturated heterocycles. The molecule has 0 N–H and O–H groups in total. The summed E-state index contributed by atoms with van der Waals surface area (Å²) in [6.45, 7) is 8.72. The van der Waals surface area contributed by atoms with Crippen molar-refractivity contribution in [3.63, 3.8) is 0 Å². The van der Waals surface area contributed by atoms with Crippen LogP contribution in [0.3, 0.4) is 0 Å². The highest BCUT2D eigenvalue weighted by molar-refractivity contribution is 8.21. The number of carbonyl (C=O) groups is 3. The molecule has 0 radical (unpaired) electrons. The fourth-order valence-electron chi connectivity index (χ4n) is 4.65. The monoisotopic (exact) mass is 566 g/mol. The minimum atomic E-state index is -0.510. The van der Waals surface area contributed by atoms with Crippen LogP contribution in [0.2, 0.25) is 0 Å². The van der Waals surface area contributed by atoms with E-state index in [0.717, 1.165) is 17.3 Å². The Morgan fingerprint density at radius 2 is 0.939 bits per heavy atom. The highest BCUT2D eigenvalue weighted by Crippen LogP contribution is 2.45. The summed E-state index contributed by atoms with van der Waals surface area (Å²) in [6.07, 6.45) is 3.49. The topological polar surface area (TPSA) is 51.2 Å². The van der Waals surface area contributed by atoms with Gasteiger partial charge in [0.2, 0.25) is 0 Å². The van der Waals surface area contributed by atoms with Crippen LogP contribution in [0.4, 0.5) is 0 Å². The summed E-state index contributed by atoms with van der Waals surface area (Å²) < 4.78 is 0.983. The van der Waals surface area contributed by atoms with Crippen LogP contribution in [0.25, 0.3) is 0 Å². The van der Waals surface area contributed by atoms with E-state index in [-0.39, 0.29) is 17.3 Å². The van der Waals surface area contributed by atoms with Crippen LogP contribution in [-0.2, 0) is 14.4 Å². The van der Waals surface area contributed by atoms with E-state index in [2.05, 4.69) is 27.7 Å². The van der Waals surface area contributed by atoms with Crippen LogP contribution in [-0.4, -0.2) is 64.1 Å². The van der Waals surface area contributed by atoms with Gasteiger partial charge in [-0.05, 0) is 11.8 Å². The largest absolute Gasteiger partial charge is 0.300 e. The van der Waals surface area contributed by atoms with E-state index in [1.807, 2.05) is 70.6 Å². The van der Waals surface area contributed by atoms with Gasteiger partial charge in [-0.1, -0.05) is 27.7 Å². The molecule has 0 aromatic carbocycles. The summed E-state index contributed by atoms with van der Waals surface area (Å²) in [7, 11) is 0. The van der Waals surface area contributed by atoms with Crippen molar-refractivity contribution in [1.82, 2.24) is 0 Å². The molecular weight excluding hydrogens is 529 g/mol. The molecule has 3 nitrogen and oxygen atoms in total. The first kappa shape index (κ1) is 28.7. The molecule has 6 unspecified atom stereocenters. The molecule has 0 amide bonds. The number of hydrogen-bond donors (Lipinski definition) is 0. The highest BCUT2D eigenvalue weighted by atomic mass is 32.2. The lowest BCUT2D eigenvalue weighted by Gasteiger charge is -2.32. The van der Waals surface area contributed by atoms with Crippen LogP contribution in [0.15, 0.2) is 0 Å². The summed E-state index contributed by atoms with van der Waals surface area (Å²) in [5.41, 5.74) is -0.510. The molecule has 188 valence electrons. The third-order valence-corrected chi connectivity index (χ3v) is 16.2. The van der Waals surface area contributed by atoms with Gasteiger partial charge in [0.05, 0.1) is 13.7 Å². The fraction of sp³-hybridized carbons (Fsp3) is 0.875. The normalized spacial score (nSPS) is 33.8. The van der Waals surface area contributed by atoms with Gasteiger partial charge in [0.15, 0.2) is 0 Å². The van der Waals surface area contributed by atoms with E-state index in [4.69, 9.17) is 0 Å². The first-order chi connectivity index (χ1) is 15.7. The van der Waals surface area contributed by atoms with Gasteiger partial charge in [-0.2, -0.15) is 0 Å². The molecule has 9 heteroatoms. The van der Waals surface area contributed by atoms with E-state index in [1.165, 1.54) is 0 Å². The molecule has 0 saturated carbocycles. The van der Waals surface area contributed by atoms with Crippen molar-refractivity contribution in [2.75, 3.05) is 17.3 Å². The molecule has 3 aliphatic heterocycles. The number of thioether (sulfide) groups is 6. The van der Waals surface area contributed by atoms with Gasteiger partial charge in [0.1, 0.15) is 17.3 Å². The van der Waals surface area contributed by atoms with E-state index in [1.54, 1.807) is 0 Å². The van der Waals surface area contributed by atoms with Crippen molar-refractivity contribution in [1.29, 1.82) is 0 Å². The zero-order chi connectivity index (χ0) is 24.0. The second-order valence-corrected chi connectivity index (χ2v) is 19.3. The van der Waals surface area contributed by atoms with Gasteiger partial charge >= 0.3 is 0 Å². The second-order valence-electron chi connectivity index (χ2n) is 9.74. The fourth-order valence-corrected chi connectivity index (χ4v) is 14.4. The average Bonchev–Trinajstić information content (AvgIpc) is 3.43. The lowest BCUT2D eigenvalue weighted by atomic mass is 9.71. The van der Waals surface area contributed by atoms with Gasteiger partial charge in [-0.25, -0.2) is 0 Å². The summed E-state index contributed by atoms with van der Waals surface area (Å²) in [5.74, 6) is 3.99. The number of ketones is 3. The predicted octanol–water partition coefficient (Wildman–Crippen LogP) is 7.01. The molecule has 3 rings (SSSR count). The van der Waals surface area contributed by atoms with Crippen LogP contribution in [0.1, 0.15) is 72.6 Å². The van der Waals surface area contributed by atoms with Gasteiger partial charge in [-0.3, -0.25) is 14.4 Å². The molecule has 0 aromatic rings. The SMILES string of the molecule is CCC(CC(=O)CC1SCC(C)S1)(CC(=O)CC1SCC(C)S1)CC(=O)CC1SCC(C)S1. The Kier molecular flexibility index (Phi) is 11.8. The van der Waals surface area contributed by atoms with Crippen molar-refractivity contribution >= 4 is 87.9 Å². The van der Waals surface area contributed by atoms with Gasteiger partial charge < -0.3 is 0 Å². The first-order valence-corrected chi connectivity index (χ1v) is 18.0. The molecule has 0 bridgehead atoms. The van der Waals surface area contributed by atoms with Crippen LogP contribution >= 0.6 is 70.6 Å². The first-order valence-electron chi connectivity index (χ1n) is 12.0. The smallest absolute Gasteiger partial charge is 0.135 e. The van der Waals surface area contributed by atoms with Crippen molar-refractivity contribution in [3.8, 4) is 0 Å². The van der Waals surface area contributed by atoms with Gasteiger partial charge in [-0.15, -0.1) is 70.6 Å². The maximum Gasteiger partial charge on any atom is 0.135 e. The molecular formula is C24H38O3S6. The summed E-state index contributed by atoms with van der Waals surface area (Å²) in [4.78, 5) is 39.5. The molecule has 3 aliphatic rings. The van der Waals surface area contributed by atoms with Gasteiger partial charge in [0, 0.05) is 71.5 Å². The molecule has 0 spiro atoms. The maximum atomic E-state index is 13.2. The van der Waals surface area contributed by atoms with Crippen molar-refractivity contribution in [2.45, 2.75) is 102 Å². The Morgan fingerprint density at radius 1 is 0.636 bits per heavy atom. The van der Waals surface area contributed by atoms with Crippen molar-refractivity contribution < 1.29 is 14.4 Å². The number of Topliss-reactive ketones (excluding diaryl/α,β-unsaturated/α-hetero) is 3. The Bertz CT molecular complexity index is 613. The van der Waals surface area contributed by atoms with Crippen LogP contribution in [0.5, 0.6) is 0 Å². The van der Waals surface area contributed by atoms with Gasteiger partial charge in [0.25, 0.3) is 0 Å². The summed E-state index contributed by atoms with van der Waals surface area (Å²) >= 11 is 11.3. The molecule has 3 fully saturated rings. The maximum absolute atomic E-state index is 13.2. The lowest BCUT2D eigenvalue weighted by molar-refractivity contribution is -0.127. The summed E-state index contributed by atoms with van der Waals surface area (Å²) in [5, 5.41) is 1.79. The zero-order valence-electron chi connectivity index (χ0n) is 20.2. The van der Waals surface area contributed by atoms with E-state index in [0.29, 0.717) is 74.4 Å². The van der Waals surface area contributed by atoms with Crippen LogP contribution in [0, 0.1) is 5.41 Å². The predicted molar refractivity (Wildman–Crippen MR) is 155 cm³/mol. The molecule has 3 heterocycles. The van der Waals surface area contributed by atoms with Crippen molar-refractivity contribution in [2.24, 2.45) is 5.41 Å². The lowest BCUT2D eigenvalue weighted by Crippen LogP contribution is -2.31. The minimum absolute atomic E-state index is 0.230. The molecule has 0 aliphatic carbocycles. The van der Waals surface area contributed by atoms with E-state index < -0.39 is 5.41 Å². The molecule has 6 atom stereocenters. The minimum Gasteiger partial charge on any atom is -0.300 e. The standard InChI is InChI=1S/C24H38O3S6/c1-5-24(9-18(25)6-21-28-12-15(2)31-21,10-19(26)7-22-29-13-16(3)32-22)11-20(27)8-23-30-14-17(4)33-23/h15-17,21-23H,5-14H2,1-4H3. The Labute approximate surface area is 225 Å². The van der Waals surface area contributed by atoms with E-state index >= 15 is 0 Å². The van der Waals surface area contributed by atoms with Crippen molar-refractivity contribution in [3.05, 3.63) is 0 Å². The third-order valence-electron chi connectivity index (χ3n) is 6.35. The van der Waals surface area contributed by atoms with E-state index in [9.17, 15) is 14.4 Å². The number of carbonyl (C=O) groups excluding carboxylic acids is 3. The molecule has 33 heavy (non-hydrogen) atoms. The van der Waals surface area contributed by atoms with Crippen LogP contribution < -0.4 is 0 Å². The zero-order valence-corrected chi connectivity index (χ0v) is 25.1. The number of rotatable bonds is 13. The number of hydrogen-bond acceptors (Lipinski definition) is 9. The Morgan fingerprint density at radius 3 is 1.15 bits per heavy atom. The third kappa shape index (κ3) is 9.49. The Hall–Kier alpha value is 1.11. The average molecular weight is 567 g/mol. The summed E-state index contributed by atoms with van der Waals surface area (Å²) in [6, 6.07) is 0. The molecule has 0 aromatic heterocycles. The quantitative estimate of drug-likeness (QED) is 0.234.